The Balaban J connectivity index is 2.39. The van der Waals surface area contributed by atoms with Crippen LogP contribution in [0.3, 0.4) is 0 Å². The van der Waals surface area contributed by atoms with E-state index >= 15 is 0 Å². The van der Waals surface area contributed by atoms with Crippen molar-refractivity contribution in [3.63, 3.8) is 0 Å². The molecule has 104 valence electrons. The molecule has 0 heterocycles. The van der Waals surface area contributed by atoms with Gasteiger partial charge in [0.2, 0.25) is 0 Å². The lowest BCUT2D eigenvalue weighted by atomic mass is 10.1. The summed E-state index contributed by atoms with van der Waals surface area (Å²) in [6.45, 7) is 6.85. The van der Waals surface area contributed by atoms with Crippen LogP contribution in [0.25, 0.3) is 0 Å². The van der Waals surface area contributed by atoms with E-state index in [1.165, 1.54) is 6.34 Å². The Hall–Kier alpha value is -2.04. The molecule has 2 amide bonds. The highest BCUT2D eigenvalue weighted by molar-refractivity contribution is 5.97. The van der Waals surface area contributed by atoms with E-state index in [9.17, 15) is 4.79 Å². The minimum Gasteiger partial charge on any atom is -0.309 e. The Bertz CT molecular complexity index is 423. The summed E-state index contributed by atoms with van der Waals surface area (Å²) in [5.74, 6) is 0. The molecule has 5 nitrogen and oxygen atoms in total. The van der Waals surface area contributed by atoms with Crippen LogP contribution in [-0.2, 0) is 0 Å². The molecule has 3 N–H and O–H groups in total. The number of anilines is 1. The molecule has 0 aliphatic rings. The first-order valence-corrected chi connectivity index (χ1v) is 6.53. The molecule has 1 aromatic rings. The van der Waals surface area contributed by atoms with Crippen LogP contribution in [0.1, 0.15) is 30.9 Å². The van der Waals surface area contributed by atoms with E-state index in [1.807, 2.05) is 32.0 Å². The summed E-state index contributed by atoms with van der Waals surface area (Å²) in [5.41, 5.74) is 5.77. The number of hydrazone groups is 1. The number of para-hydroxylation sites is 1. The zero-order chi connectivity index (χ0) is 14.1. The second-order valence-electron chi connectivity index (χ2n) is 4.39. The molecule has 19 heavy (non-hydrogen) atoms. The Labute approximate surface area is 114 Å². The van der Waals surface area contributed by atoms with E-state index in [4.69, 9.17) is 0 Å². The number of benzene rings is 1. The van der Waals surface area contributed by atoms with E-state index in [0.29, 0.717) is 0 Å². The number of nitrogens with zero attached hydrogens (tertiary/aromatic N) is 1. The molecule has 0 fully saturated rings. The number of unbranched alkanes of at least 4 members (excludes halogenated alkanes) is 1. The van der Waals surface area contributed by atoms with Crippen LogP contribution in [0.2, 0.25) is 0 Å². The van der Waals surface area contributed by atoms with Gasteiger partial charge < -0.3 is 10.7 Å². The van der Waals surface area contributed by atoms with Gasteiger partial charge in [-0.05, 0) is 31.4 Å². The van der Waals surface area contributed by atoms with Gasteiger partial charge in [-0.2, -0.15) is 5.10 Å². The van der Waals surface area contributed by atoms with Crippen molar-refractivity contribution in [2.24, 2.45) is 5.10 Å². The van der Waals surface area contributed by atoms with Crippen molar-refractivity contribution in [1.82, 2.24) is 10.7 Å². The lowest BCUT2D eigenvalue weighted by Gasteiger charge is -2.10. The number of amides is 2. The van der Waals surface area contributed by atoms with Crippen molar-refractivity contribution < 1.29 is 4.79 Å². The number of nitrogens with one attached hydrogen (secondary N) is 3. The molecule has 0 saturated carbocycles. The zero-order valence-electron chi connectivity index (χ0n) is 11.8. The minimum absolute atomic E-state index is 0.293. The van der Waals surface area contributed by atoms with Crippen molar-refractivity contribution in [2.45, 2.75) is 33.6 Å². The summed E-state index contributed by atoms with van der Waals surface area (Å²) in [6.07, 6.45) is 3.54. The molecule has 1 rings (SSSR count). The smallest absolute Gasteiger partial charge is 0.309 e. The van der Waals surface area contributed by atoms with Crippen LogP contribution in [0, 0.1) is 13.8 Å². The predicted molar refractivity (Wildman–Crippen MR) is 79.5 cm³/mol. The monoisotopic (exact) mass is 262 g/mol. The van der Waals surface area contributed by atoms with Crippen molar-refractivity contribution in [3.8, 4) is 0 Å². The quantitative estimate of drug-likeness (QED) is 0.319. The van der Waals surface area contributed by atoms with Gasteiger partial charge in [-0.1, -0.05) is 31.5 Å². The van der Waals surface area contributed by atoms with Crippen LogP contribution in [0.15, 0.2) is 23.3 Å². The Morgan fingerprint density at radius 1 is 1.32 bits per heavy atom. The average Bonchev–Trinajstić information content (AvgIpc) is 2.38. The highest BCUT2D eigenvalue weighted by atomic mass is 16.2. The first-order chi connectivity index (χ1) is 9.15. The molecular weight excluding hydrogens is 240 g/mol. The van der Waals surface area contributed by atoms with Gasteiger partial charge in [0.1, 0.15) is 6.34 Å². The molecule has 0 aromatic heterocycles. The maximum Gasteiger partial charge on any atom is 0.324 e. The summed E-state index contributed by atoms with van der Waals surface area (Å²) in [7, 11) is 0. The van der Waals surface area contributed by atoms with Gasteiger partial charge in [0.25, 0.3) is 0 Å². The van der Waals surface area contributed by atoms with Crippen LogP contribution >= 0.6 is 0 Å². The third kappa shape index (κ3) is 5.42. The molecule has 1 aromatic carbocycles. The first kappa shape index (κ1) is 15.0. The normalized spacial score (nSPS) is 10.5. The predicted octanol–water partition coefficient (Wildman–Crippen LogP) is 2.76. The number of urea groups is 1. The molecule has 0 saturated heterocycles. The fourth-order valence-electron chi connectivity index (χ4n) is 1.62. The molecular formula is C14H22N4O. The van der Waals surface area contributed by atoms with Crippen LogP contribution in [0.5, 0.6) is 0 Å². The van der Waals surface area contributed by atoms with E-state index in [1.54, 1.807) is 0 Å². The summed E-state index contributed by atoms with van der Waals surface area (Å²) in [6, 6.07) is 5.59. The van der Waals surface area contributed by atoms with Gasteiger partial charge in [-0.15, -0.1) is 0 Å². The SMILES string of the molecule is CCCCNN=CNC(=O)Nc1c(C)cccc1C. The molecule has 0 radical (unpaired) electrons. The van der Waals surface area contributed by atoms with E-state index < -0.39 is 0 Å². The lowest BCUT2D eigenvalue weighted by Crippen LogP contribution is -2.29. The average molecular weight is 262 g/mol. The van der Waals surface area contributed by atoms with E-state index in [-0.39, 0.29) is 6.03 Å². The van der Waals surface area contributed by atoms with Gasteiger partial charge >= 0.3 is 6.03 Å². The summed E-state index contributed by atoms with van der Waals surface area (Å²) < 4.78 is 0. The Kier molecular flexibility index (Phi) is 6.43. The van der Waals surface area contributed by atoms with Gasteiger partial charge in [-0.3, -0.25) is 5.32 Å². The maximum atomic E-state index is 11.7. The van der Waals surface area contributed by atoms with Crippen LogP contribution in [-0.4, -0.2) is 18.9 Å². The van der Waals surface area contributed by atoms with Crippen LogP contribution in [0.4, 0.5) is 10.5 Å². The number of rotatable bonds is 6. The van der Waals surface area contributed by atoms with E-state index in [0.717, 1.165) is 36.2 Å². The highest BCUT2D eigenvalue weighted by Gasteiger charge is 2.05. The van der Waals surface area contributed by atoms with Crippen molar-refractivity contribution in [3.05, 3.63) is 29.3 Å². The number of carbonyl (C=O) groups excluding carboxylic acids is 1. The second-order valence-corrected chi connectivity index (χ2v) is 4.39. The Morgan fingerprint density at radius 2 is 2.00 bits per heavy atom. The van der Waals surface area contributed by atoms with Gasteiger partial charge in [-0.25, -0.2) is 4.79 Å². The van der Waals surface area contributed by atoms with Crippen molar-refractivity contribution in [1.29, 1.82) is 0 Å². The van der Waals surface area contributed by atoms with E-state index in [2.05, 4.69) is 28.1 Å². The second kappa shape index (κ2) is 8.13. The fourth-order valence-corrected chi connectivity index (χ4v) is 1.62. The standard InChI is InChI=1S/C14H22N4O/c1-4-5-9-16-17-10-15-14(19)18-13-11(2)7-6-8-12(13)3/h6-8,10,16H,4-5,9H2,1-3H3,(H2,15,17,18,19). The summed E-state index contributed by atoms with van der Waals surface area (Å²) in [4.78, 5) is 11.7. The number of hydrogen-bond acceptors (Lipinski definition) is 3. The van der Waals surface area contributed by atoms with Gasteiger partial charge in [0, 0.05) is 12.2 Å². The van der Waals surface area contributed by atoms with Gasteiger partial charge in [0.15, 0.2) is 0 Å². The highest BCUT2D eigenvalue weighted by Crippen LogP contribution is 2.18. The molecule has 0 unspecified atom stereocenters. The maximum absolute atomic E-state index is 11.7. The third-order valence-corrected chi connectivity index (χ3v) is 2.71. The zero-order valence-corrected chi connectivity index (χ0v) is 11.8. The molecule has 0 spiro atoms. The Morgan fingerprint density at radius 3 is 2.63 bits per heavy atom. The molecule has 0 atom stereocenters. The molecule has 0 bridgehead atoms. The van der Waals surface area contributed by atoms with Gasteiger partial charge in [0.05, 0.1) is 0 Å². The van der Waals surface area contributed by atoms with Crippen LogP contribution < -0.4 is 16.1 Å². The third-order valence-electron chi connectivity index (χ3n) is 2.71. The first-order valence-electron chi connectivity index (χ1n) is 6.53. The summed E-state index contributed by atoms with van der Waals surface area (Å²) in [5, 5.41) is 9.26. The topological polar surface area (TPSA) is 65.5 Å². The number of carbonyl (C=O) groups is 1. The minimum atomic E-state index is -0.293. The van der Waals surface area contributed by atoms with Crippen molar-refractivity contribution >= 4 is 18.1 Å². The molecule has 5 heteroatoms. The fraction of sp³-hybridized carbons (Fsp3) is 0.429. The lowest BCUT2D eigenvalue weighted by molar-refractivity contribution is 0.256. The molecule has 0 aliphatic heterocycles. The number of aryl methyl sites for hydroxylation is 2. The largest absolute Gasteiger partial charge is 0.324 e. The van der Waals surface area contributed by atoms with Crippen molar-refractivity contribution in [2.75, 3.05) is 11.9 Å². The summed E-state index contributed by atoms with van der Waals surface area (Å²) >= 11 is 0. The molecule has 0 aliphatic carbocycles. The number of hydrogen-bond donors (Lipinski definition) is 3.